The van der Waals surface area contributed by atoms with Crippen LogP contribution in [0.2, 0.25) is 0 Å². The van der Waals surface area contributed by atoms with Crippen molar-refractivity contribution < 1.29 is 28.6 Å². The van der Waals surface area contributed by atoms with E-state index in [1.165, 1.54) is 0 Å². The van der Waals surface area contributed by atoms with Crippen LogP contribution in [0.15, 0.2) is 51.1 Å². The summed E-state index contributed by atoms with van der Waals surface area (Å²) < 4.78 is 17.3. The molecule has 0 fully saturated rings. The third-order valence-electron chi connectivity index (χ3n) is 7.03. The normalized spacial score (nSPS) is 11.4. The van der Waals surface area contributed by atoms with Gasteiger partial charge in [0.05, 0.1) is 28.6 Å². The Morgan fingerprint density at radius 3 is 0.791 bits per heavy atom. The van der Waals surface area contributed by atoms with Gasteiger partial charge in [-0.05, 0) is 74.9 Å². The van der Waals surface area contributed by atoms with Gasteiger partial charge in [0.25, 0.3) is 0 Å². The summed E-state index contributed by atoms with van der Waals surface area (Å²) in [5.41, 5.74) is 5.21. The lowest BCUT2D eigenvalue weighted by molar-refractivity contribution is -0.138. The Morgan fingerprint density at radius 1 is 0.442 bits per heavy atom. The van der Waals surface area contributed by atoms with Crippen LogP contribution in [0.3, 0.4) is 0 Å². The Balaban J connectivity index is 2.23. The van der Waals surface area contributed by atoms with Gasteiger partial charge in [-0.3, -0.25) is 14.4 Å². The predicted octanol–water partition coefficient (Wildman–Crippen LogP) is 8.32. The topological polar surface area (TPSA) is 78.9 Å². The Morgan fingerprint density at radius 2 is 0.628 bits per heavy atom. The molecule has 6 nitrogen and oxygen atoms in total. The first-order valence-corrected chi connectivity index (χ1v) is 16.0. The van der Waals surface area contributed by atoms with Crippen LogP contribution >= 0.6 is 0 Å². The molecule has 0 unspecified atom stereocenters. The molecule has 0 aliphatic carbocycles. The second kappa shape index (κ2) is 13.8. The SMILES string of the molecule is Cc1cc([S+](c2cc(C)c(OC(=O)C(C)C)c(C)c2)c2cc(C)c(OC(=O)C(C)C)c(C)c2)cc(C)c1OC(=O)C(C)C. The average Bonchev–Trinajstić information content (AvgIpc) is 2.90. The molecule has 0 spiro atoms. The number of ether oxygens (including phenoxy) is 3. The number of carbonyl (C=O) groups excluding carboxylic acids is 3. The van der Waals surface area contributed by atoms with Crippen molar-refractivity contribution in [1.29, 1.82) is 0 Å². The minimum Gasteiger partial charge on any atom is -0.426 e. The van der Waals surface area contributed by atoms with E-state index in [4.69, 9.17) is 14.2 Å². The van der Waals surface area contributed by atoms with E-state index in [9.17, 15) is 14.4 Å². The van der Waals surface area contributed by atoms with Gasteiger partial charge in [0.2, 0.25) is 0 Å². The second-order valence-corrected chi connectivity index (χ2v) is 14.2. The molecule has 230 valence electrons. The zero-order valence-corrected chi connectivity index (χ0v) is 28.4. The van der Waals surface area contributed by atoms with E-state index in [1.54, 1.807) is 0 Å². The van der Waals surface area contributed by atoms with Crippen molar-refractivity contribution in [3.63, 3.8) is 0 Å². The number of aryl methyl sites for hydroxylation is 6. The molecule has 3 rings (SSSR count). The summed E-state index contributed by atoms with van der Waals surface area (Å²) in [6.07, 6.45) is 0. The number of rotatable bonds is 9. The molecule has 0 heterocycles. The Bertz CT molecular complexity index is 1300. The average molecular weight is 606 g/mol. The zero-order valence-electron chi connectivity index (χ0n) is 27.6. The molecular weight excluding hydrogens is 560 g/mol. The van der Waals surface area contributed by atoms with Crippen LogP contribution in [0, 0.1) is 59.3 Å². The molecule has 7 heteroatoms. The fourth-order valence-electron chi connectivity index (χ4n) is 4.63. The van der Waals surface area contributed by atoms with Crippen LogP contribution in [-0.2, 0) is 25.3 Å². The third kappa shape index (κ3) is 7.88. The highest BCUT2D eigenvalue weighted by molar-refractivity contribution is 7.97. The molecule has 0 amide bonds. The largest absolute Gasteiger partial charge is 0.426 e. The molecule has 0 saturated carbocycles. The van der Waals surface area contributed by atoms with E-state index < -0.39 is 10.9 Å². The number of hydrogen-bond acceptors (Lipinski definition) is 6. The zero-order chi connectivity index (χ0) is 32.3. The molecule has 0 atom stereocenters. The number of esters is 3. The maximum atomic E-state index is 12.4. The van der Waals surface area contributed by atoms with Crippen LogP contribution in [0.4, 0.5) is 0 Å². The first kappa shape index (κ1) is 33.9. The Labute approximate surface area is 259 Å². The van der Waals surface area contributed by atoms with Gasteiger partial charge in [-0.1, -0.05) is 41.5 Å². The summed E-state index contributed by atoms with van der Waals surface area (Å²) in [7, 11) is -0.587. The van der Waals surface area contributed by atoms with E-state index in [0.29, 0.717) is 17.2 Å². The van der Waals surface area contributed by atoms with Crippen LogP contribution in [-0.4, -0.2) is 17.9 Å². The van der Waals surface area contributed by atoms with Crippen molar-refractivity contribution in [3.8, 4) is 17.2 Å². The van der Waals surface area contributed by atoms with E-state index in [2.05, 4.69) is 36.4 Å². The van der Waals surface area contributed by atoms with Crippen LogP contribution < -0.4 is 14.2 Å². The number of hydrogen-bond donors (Lipinski definition) is 0. The number of carbonyl (C=O) groups is 3. The van der Waals surface area contributed by atoms with Crippen molar-refractivity contribution in [2.75, 3.05) is 0 Å². The van der Waals surface area contributed by atoms with E-state index in [1.807, 2.05) is 83.1 Å². The highest BCUT2D eigenvalue weighted by Gasteiger charge is 2.33. The first-order chi connectivity index (χ1) is 20.0. The standard InChI is InChI=1S/C36H45O6S/c1-19(2)34(37)40-31-22(7)13-28(14-23(31)8)43(29-15-24(9)32(25(10)16-29)41-35(38)20(3)4)30-17-26(11)33(27(12)18-30)42-36(39)21(5)6/h13-21H,1-12H3/q+1. The molecule has 0 bridgehead atoms. The summed E-state index contributed by atoms with van der Waals surface area (Å²) in [4.78, 5) is 40.5. The first-order valence-electron chi connectivity index (χ1n) is 14.7. The quantitative estimate of drug-likeness (QED) is 0.139. The van der Waals surface area contributed by atoms with Crippen molar-refractivity contribution in [2.45, 2.75) is 97.8 Å². The molecule has 3 aromatic carbocycles. The maximum absolute atomic E-state index is 12.4. The van der Waals surface area contributed by atoms with Crippen LogP contribution in [0.5, 0.6) is 17.2 Å². The minimum atomic E-state index is -0.587. The molecule has 0 aromatic heterocycles. The summed E-state index contributed by atoms with van der Waals surface area (Å²) in [6, 6.07) is 12.5. The van der Waals surface area contributed by atoms with Gasteiger partial charge in [0, 0.05) is 36.4 Å². The smallest absolute Gasteiger partial charge is 0.313 e. The van der Waals surface area contributed by atoms with Gasteiger partial charge in [-0.15, -0.1) is 0 Å². The molecule has 43 heavy (non-hydrogen) atoms. The fraction of sp³-hybridized carbons (Fsp3) is 0.417. The van der Waals surface area contributed by atoms with Crippen molar-refractivity contribution in [2.24, 2.45) is 17.8 Å². The molecule has 0 N–H and O–H groups in total. The summed E-state index contributed by atoms with van der Waals surface area (Å²) in [5.74, 6) is 0.216. The van der Waals surface area contributed by atoms with E-state index >= 15 is 0 Å². The van der Waals surface area contributed by atoms with Crippen molar-refractivity contribution >= 4 is 28.8 Å². The molecule has 3 aromatic rings. The molecule has 0 radical (unpaired) electrons. The van der Waals surface area contributed by atoms with Gasteiger partial charge in [0.1, 0.15) is 17.2 Å². The minimum absolute atomic E-state index is 0.239. The highest BCUT2D eigenvalue weighted by atomic mass is 32.2. The summed E-state index contributed by atoms with van der Waals surface area (Å²) >= 11 is 0. The molecule has 0 saturated heterocycles. The summed E-state index contributed by atoms with van der Waals surface area (Å²) in [6.45, 7) is 22.6. The van der Waals surface area contributed by atoms with Gasteiger partial charge < -0.3 is 14.2 Å². The van der Waals surface area contributed by atoms with Gasteiger partial charge >= 0.3 is 17.9 Å². The maximum Gasteiger partial charge on any atom is 0.313 e. The second-order valence-electron chi connectivity index (χ2n) is 12.2. The van der Waals surface area contributed by atoms with Crippen molar-refractivity contribution in [1.82, 2.24) is 0 Å². The molecule has 0 aliphatic rings. The van der Waals surface area contributed by atoms with Crippen LogP contribution in [0.25, 0.3) is 0 Å². The summed E-state index contributed by atoms with van der Waals surface area (Å²) in [5, 5.41) is 0. The van der Waals surface area contributed by atoms with Gasteiger partial charge in [-0.25, -0.2) is 0 Å². The predicted molar refractivity (Wildman–Crippen MR) is 171 cm³/mol. The van der Waals surface area contributed by atoms with Crippen molar-refractivity contribution in [3.05, 3.63) is 69.8 Å². The third-order valence-corrected chi connectivity index (χ3v) is 9.15. The monoisotopic (exact) mass is 605 g/mol. The lowest BCUT2D eigenvalue weighted by Gasteiger charge is -2.18. The van der Waals surface area contributed by atoms with Crippen LogP contribution in [0.1, 0.15) is 74.9 Å². The number of benzene rings is 3. The molecular formula is C36H45O6S+. The van der Waals surface area contributed by atoms with Gasteiger partial charge in [-0.2, -0.15) is 0 Å². The Hall–Kier alpha value is -3.58. The lowest BCUT2D eigenvalue weighted by atomic mass is 10.1. The fourth-order valence-corrected chi connectivity index (χ4v) is 7.22. The van der Waals surface area contributed by atoms with E-state index in [0.717, 1.165) is 48.1 Å². The lowest BCUT2D eigenvalue weighted by Crippen LogP contribution is -2.17. The Kier molecular flexibility index (Phi) is 10.9. The van der Waals surface area contributed by atoms with E-state index in [-0.39, 0.29) is 35.7 Å². The highest BCUT2D eigenvalue weighted by Crippen LogP contribution is 2.40. The molecule has 0 aliphatic heterocycles. The van der Waals surface area contributed by atoms with Gasteiger partial charge in [0.15, 0.2) is 14.7 Å².